The number of aromatic nitrogens is 2. The molecule has 0 radical (unpaired) electrons. The molecule has 0 atom stereocenters. The van der Waals surface area contributed by atoms with E-state index in [0.29, 0.717) is 17.9 Å². The smallest absolute Gasteiger partial charge is 0.153 e. The van der Waals surface area contributed by atoms with Gasteiger partial charge in [0.15, 0.2) is 6.29 Å². The number of rotatable bonds is 4. The van der Waals surface area contributed by atoms with E-state index in [1.54, 1.807) is 18.0 Å². The van der Waals surface area contributed by atoms with Crippen LogP contribution in [0.2, 0.25) is 0 Å². The highest BCUT2D eigenvalue weighted by Crippen LogP contribution is 2.11. The Morgan fingerprint density at radius 2 is 2.12 bits per heavy atom. The van der Waals surface area contributed by atoms with Crippen LogP contribution < -0.4 is 0 Å². The molecule has 0 fully saturated rings. The SMILES string of the molecule is COCc1nn(-c2ccccc2)cc1C=O. The minimum absolute atomic E-state index is 0.341. The molecule has 0 saturated carbocycles. The molecule has 4 heteroatoms. The van der Waals surface area contributed by atoms with Gasteiger partial charge in [-0.2, -0.15) is 5.10 Å². The van der Waals surface area contributed by atoms with Gasteiger partial charge in [-0.25, -0.2) is 4.68 Å². The third-order valence-electron chi connectivity index (χ3n) is 2.25. The maximum atomic E-state index is 10.8. The van der Waals surface area contributed by atoms with Crippen molar-refractivity contribution in [1.82, 2.24) is 9.78 Å². The molecular weight excluding hydrogens is 204 g/mol. The summed E-state index contributed by atoms with van der Waals surface area (Å²) in [4.78, 5) is 10.8. The zero-order valence-electron chi connectivity index (χ0n) is 8.96. The summed E-state index contributed by atoms with van der Waals surface area (Å²) < 4.78 is 6.66. The monoisotopic (exact) mass is 216 g/mol. The predicted octanol–water partition coefficient (Wildman–Crippen LogP) is 1.83. The van der Waals surface area contributed by atoms with E-state index in [0.717, 1.165) is 12.0 Å². The van der Waals surface area contributed by atoms with Crippen molar-refractivity contribution in [3.8, 4) is 5.69 Å². The number of carbonyl (C=O) groups excluding carboxylic acids is 1. The van der Waals surface area contributed by atoms with Crippen LogP contribution in [0, 0.1) is 0 Å². The van der Waals surface area contributed by atoms with E-state index in [2.05, 4.69) is 5.10 Å². The Labute approximate surface area is 93.5 Å². The average molecular weight is 216 g/mol. The molecule has 0 saturated heterocycles. The number of methoxy groups -OCH3 is 1. The molecule has 0 aliphatic rings. The molecule has 4 nitrogen and oxygen atoms in total. The third kappa shape index (κ3) is 2.01. The minimum atomic E-state index is 0.341. The number of ether oxygens (including phenoxy) is 1. The summed E-state index contributed by atoms with van der Waals surface area (Å²) in [6.07, 6.45) is 2.50. The lowest BCUT2D eigenvalue weighted by Gasteiger charge is -1.99. The van der Waals surface area contributed by atoms with Crippen molar-refractivity contribution in [1.29, 1.82) is 0 Å². The summed E-state index contributed by atoms with van der Waals surface area (Å²) in [7, 11) is 1.58. The molecule has 2 aromatic rings. The lowest BCUT2D eigenvalue weighted by Crippen LogP contribution is -1.96. The first-order valence-electron chi connectivity index (χ1n) is 4.93. The molecule has 0 aliphatic carbocycles. The van der Waals surface area contributed by atoms with Gasteiger partial charge in [0.05, 0.1) is 23.6 Å². The quantitative estimate of drug-likeness (QED) is 0.732. The molecule has 0 bridgehead atoms. The van der Waals surface area contributed by atoms with Crippen molar-refractivity contribution in [3.63, 3.8) is 0 Å². The number of hydrogen-bond donors (Lipinski definition) is 0. The lowest BCUT2D eigenvalue weighted by atomic mass is 10.3. The fourth-order valence-electron chi connectivity index (χ4n) is 1.48. The van der Waals surface area contributed by atoms with Gasteiger partial charge in [-0.15, -0.1) is 0 Å². The van der Waals surface area contributed by atoms with Crippen LogP contribution in [0.1, 0.15) is 16.1 Å². The Morgan fingerprint density at radius 3 is 2.75 bits per heavy atom. The Balaban J connectivity index is 2.40. The van der Waals surface area contributed by atoms with Gasteiger partial charge in [0.2, 0.25) is 0 Å². The van der Waals surface area contributed by atoms with Crippen LogP contribution >= 0.6 is 0 Å². The molecule has 1 aromatic heterocycles. The van der Waals surface area contributed by atoms with Crippen molar-refractivity contribution in [2.24, 2.45) is 0 Å². The summed E-state index contributed by atoms with van der Waals surface area (Å²) in [6, 6.07) is 9.64. The summed E-state index contributed by atoms with van der Waals surface area (Å²) in [6.45, 7) is 0.341. The van der Waals surface area contributed by atoms with Crippen molar-refractivity contribution in [3.05, 3.63) is 47.8 Å². The highest BCUT2D eigenvalue weighted by Gasteiger charge is 2.08. The van der Waals surface area contributed by atoms with Crippen LogP contribution in [0.5, 0.6) is 0 Å². The zero-order valence-corrected chi connectivity index (χ0v) is 8.96. The molecule has 0 aliphatic heterocycles. The standard InChI is InChI=1S/C12H12N2O2/c1-16-9-12-10(8-15)7-14(13-12)11-5-3-2-4-6-11/h2-8H,9H2,1H3. The number of para-hydroxylation sites is 1. The van der Waals surface area contributed by atoms with Gasteiger partial charge < -0.3 is 4.74 Å². The molecule has 0 unspecified atom stereocenters. The molecule has 1 aromatic carbocycles. The van der Waals surface area contributed by atoms with E-state index in [-0.39, 0.29) is 0 Å². The van der Waals surface area contributed by atoms with Gasteiger partial charge >= 0.3 is 0 Å². The normalized spacial score (nSPS) is 10.3. The van der Waals surface area contributed by atoms with E-state index >= 15 is 0 Å². The van der Waals surface area contributed by atoms with Gasteiger partial charge in [0, 0.05) is 13.3 Å². The molecule has 0 N–H and O–H groups in total. The van der Waals surface area contributed by atoms with Crippen molar-refractivity contribution < 1.29 is 9.53 Å². The third-order valence-corrected chi connectivity index (χ3v) is 2.25. The van der Waals surface area contributed by atoms with Gasteiger partial charge in [0.25, 0.3) is 0 Å². The highest BCUT2D eigenvalue weighted by atomic mass is 16.5. The number of aldehydes is 1. The fourth-order valence-corrected chi connectivity index (χ4v) is 1.48. The second kappa shape index (κ2) is 4.72. The molecule has 82 valence electrons. The van der Waals surface area contributed by atoms with Crippen molar-refractivity contribution >= 4 is 6.29 Å². The summed E-state index contributed by atoms with van der Waals surface area (Å²) in [5.74, 6) is 0. The minimum Gasteiger partial charge on any atom is -0.378 e. The van der Waals surface area contributed by atoms with Crippen LogP contribution in [-0.2, 0) is 11.3 Å². The Bertz CT molecular complexity index is 477. The van der Waals surface area contributed by atoms with Gasteiger partial charge in [-0.3, -0.25) is 4.79 Å². The zero-order chi connectivity index (χ0) is 11.4. The molecule has 1 heterocycles. The van der Waals surface area contributed by atoms with E-state index in [4.69, 9.17) is 4.74 Å². The number of benzene rings is 1. The first-order chi connectivity index (χ1) is 7.85. The van der Waals surface area contributed by atoms with Crippen LogP contribution in [0.4, 0.5) is 0 Å². The number of nitrogens with zero attached hydrogens (tertiary/aromatic N) is 2. The first-order valence-corrected chi connectivity index (χ1v) is 4.93. The molecule has 2 rings (SSSR count). The maximum Gasteiger partial charge on any atom is 0.153 e. The van der Waals surface area contributed by atoms with Crippen LogP contribution in [0.15, 0.2) is 36.5 Å². The maximum absolute atomic E-state index is 10.8. The number of carbonyl (C=O) groups is 1. The predicted molar refractivity (Wildman–Crippen MR) is 59.7 cm³/mol. The largest absolute Gasteiger partial charge is 0.378 e. The molecule has 0 spiro atoms. The van der Waals surface area contributed by atoms with Crippen LogP contribution in [0.25, 0.3) is 5.69 Å². The van der Waals surface area contributed by atoms with Crippen molar-refractivity contribution in [2.45, 2.75) is 6.61 Å². The van der Waals surface area contributed by atoms with Crippen molar-refractivity contribution in [2.75, 3.05) is 7.11 Å². The molecular formula is C12H12N2O2. The summed E-state index contributed by atoms with van der Waals surface area (Å²) >= 11 is 0. The topological polar surface area (TPSA) is 44.1 Å². The van der Waals surface area contributed by atoms with E-state index < -0.39 is 0 Å². The molecule has 0 amide bonds. The van der Waals surface area contributed by atoms with Gasteiger partial charge in [-0.05, 0) is 12.1 Å². The Kier molecular flexibility index (Phi) is 3.12. The van der Waals surface area contributed by atoms with Crippen LogP contribution in [0.3, 0.4) is 0 Å². The van der Waals surface area contributed by atoms with Gasteiger partial charge in [-0.1, -0.05) is 18.2 Å². The highest BCUT2D eigenvalue weighted by molar-refractivity contribution is 5.76. The first kappa shape index (κ1) is 10.6. The Morgan fingerprint density at radius 1 is 1.38 bits per heavy atom. The second-order valence-electron chi connectivity index (χ2n) is 3.36. The fraction of sp³-hybridized carbons (Fsp3) is 0.167. The summed E-state index contributed by atoms with van der Waals surface area (Å²) in [5.41, 5.74) is 2.14. The summed E-state index contributed by atoms with van der Waals surface area (Å²) in [5, 5.41) is 4.30. The van der Waals surface area contributed by atoms with Gasteiger partial charge in [0.1, 0.15) is 0 Å². The van der Waals surface area contributed by atoms with E-state index in [1.807, 2.05) is 30.3 Å². The average Bonchev–Trinajstić information content (AvgIpc) is 2.74. The molecule has 16 heavy (non-hydrogen) atoms. The second-order valence-corrected chi connectivity index (χ2v) is 3.36. The van der Waals surface area contributed by atoms with E-state index in [1.165, 1.54) is 0 Å². The number of hydrogen-bond acceptors (Lipinski definition) is 3. The Hall–Kier alpha value is -1.94. The lowest BCUT2D eigenvalue weighted by molar-refractivity contribution is 0.111. The van der Waals surface area contributed by atoms with Crippen LogP contribution in [-0.4, -0.2) is 23.2 Å². The van der Waals surface area contributed by atoms with E-state index in [9.17, 15) is 4.79 Å².